The van der Waals surface area contributed by atoms with E-state index < -0.39 is 0 Å². The Bertz CT molecular complexity index is 683. The van der Waals surface area contributed by atoms with Crippen LogP contribution in [0.1, 0.15) is 5.56 Å². The van der Waals surface area contributed by atoms with Gasteiger partial charge >= 0.3 is 0 Å². The zero-order chi connectivity index (χ0) is 11.0. The lowest BCUT2D eigenvalue weighted by Crippen LogP contribution is -1.85. The molecule has 3 aromatic rings. The molecule has 0 bridgehead atoms. The molecule has 0 saturated carbocycles. The van der Waals surface area contributed by atoms with E-state index in [1.807, 2.05) is 24.3 Å². The topological polar surface area (TPSA) is 22.3 Å². The predicted octanol–water partition coefficient (Wildman–Crippen LogP) is 3.21. The van der Waals surface area contributed by atoms with Gasteiger partial charge in [0.25, 0.3) is 0 Å². The molecule has 0 N–H and O–H groups in total. The van der Waals surface area contributed by atoms with Gasteiger partial charge in [-0.25, -0.2) is 0 Å². The Morgan fingerprint density at radius 1 is 0.750 bits per heavy atom. The molecule has 0 unspecified atom stereocenters. The molecule has 0 fully saturated rings. The first kappa shape index (κ1) is 9.10. The molecule has 0 atom stereocenters. The van der Waals surface area contributed by atoms with Gasteiger partial charge in [0.1, 0.15) is 0 Å². The number of rotatable bonds is 1. The average Bonchev–Trinajstić information content (AvgIpc) is 2.35. The van der Waals surface area contributed by atoms with Crippen molar-refractivity contribution in [3.8, 4) is 0 Å². The summed E-state index contributed by atoms with van der Waals surface area (Å²) in [5.74, 6) is 0. The van der Waals surface area contributed by atoms with E-state index >= 15 is 0 Å². The highest BCUT2D eigenvalue weighted by Crippen LogP contribution is 2.24. The molecule has 3 aromatic carbocycles. The summed E-state index contributed by atoms with van der Waals surface area (Å²) >= 11 is 0. The Labute approximate surface area is 93.8 Å². The van der Waals surface area contributed by atoms with Crippen LogP contribution in [0.4, 0.5) is 0 Å². The molecule has 1 heteroatoms. The summed E-state index contributed by atoms with van der Waals surface area (Å²) in [5, 5.41) is 13.8. The number of fused-ring (bicyclic) bond motifs is 2. The molecule has 1 radical (unpaired) electrons. The van der Waals surface area contributed by atoms with Gasteiger partial charge in [0.2, 0.25) is 0 Å². The number of hydrogen-bond acceptors (Lipinski definition) is 0. The molecule has 0 amide bonds. The van der Waals surface area contributed by atoms with Crippen molar-refractivity contribution < 1.29 is 0 Å². The van der Waals surface area contributed by atoms with Crippen LogP contribution in [0.2, 0.25) is 0 Å². The maximum absolute atomic E-state index is 9.18. The molecule has 3 rings (SSSR count). The monoisotopic (exact) mass is 204 g/mol. The molecule has 0 aliphatic rings. The summed E-state index contributed by atoms with van der Waals surface area (Å²) in [5.41, 5.74) is 0.864. The van der Waals surface area contributed by atoms with Crippen molar-refractivity contribution in [2.75, 3.05) is 0 Å². The van der Waals surface area contributed by atoms with E-state index in [0.29, 0.717) is 0 Å². The summed E-state index contributed by atoms with van der Waals surface area (Å²) in [4.78, 5) is 0. The molecule has 0 spiro atoms. The third-order valence-corrected chi connectivity index (χ3v) is 2.92. The van der Waals surface area contributed by atoms with Gasteiger partial charge in [-0.2, -0.15) is 5.41 Å². The van der Waals surface area contributed by atoms with Crippen LogP contribution in [0.5, 0.6) is 0 Å². The SMILES string of the molecule is [N]=Cc1cccc2cc3ccccc3cc12. The standard InChI is InChI=1S/C15H10N/c16-10-14-7-3-6-13-8-11-4-1-2-5-12(11)9-15(13)14/h1-10H. The molecule has 0 saturated heterocycles. The van der Waals surface area contributed by atoms with Crippen molar-refractivity contribution in [3.05, 3.63) is 60.2 Å². The Morgan fingerprint density at radius 3 is 2.19 bits per heavy atom. The highest BCUT2D eigenvalue weighted by molar-refractivity contribution is 6.05. The minimum absolute atomic E-state index is 0.864. The number of hydrogen-bond donors (Lipinski definition) is 0. The fourth-order valence-corrected chi connectivity index (χ4v) is 2.10. The second kappa shape index (κ2) is 3.46. The Hall–Kier alpha value is -2.15. The summed E-state index contributed by atoms with van der Waals surface area (Å²) in [6.45, 7) is 0. The second-order valence-electron chi connectivity index (χ2n) is 3.90. The number of nitrogens with zero attached hydrogens (tertiary/aromatic N) is 1. The Balaban J connectivity index is 2.51. The van der Waals surface area contributed by atoms with Gasteiger partial charge in [-0.3, -0.25) is 0 Å². The van der Waals surface area contributed by atoms with Gasteiger partial charge in [-0.05, 0) is 33.7 Å². The maximum Gasteiger partial charge on any atom is 0.0574 e. The van der Waals surface area contributed by atoms with Crippen molar-refractivity contribution in [3.63, 3.8) is 0 Å². The molecule has 0 aliphatic carbocycles. The first-order valence-corrected chi connectivity index (χ1v) is 5.27. The van der Waals surface area contributed by atoms with Crippen LogP contribution in [0, 0.1) is 0 Å². The molecule has 16 heavy (non-hydrogen) atoms. The molecule has 0 aliphatic heterocycles. The van der Waals surface area contributed by atoms with Gasteiger partial charge in [0.05, 0.1) is 6.21 Å². The highest BCUT2D eigenvalue weighted by Gasteiger charge is 2.00. The van der Waals surface area contributed by atoms with Crippen LogP contribution in [-0.2, 0) is 0 Å². The van der Waals surface area contributed by atoms with Crippen molar-refractivity contribution in [1.29, 1.82) is 0 Å². The van der Waals surface area contributed by atoms with Crippen LogP contribution in [-0.4, -0.2) is 6.21 Å². The maximum atomic E-state index is 9.18. The van der Waals surface area contributed by atoms with E-state index in [1.165, 1.54) is 10.8 Å². The zero-order valence-electron chi connectivity index (χ0n) is 8.72. The third kappa shape index (κ3) is 1.29. The van der Waals surface area contributed by atoms with Gasteiger partial charge < -0.3 is 0 Å². The lowest BCUT2D eigenvalue weighted by molar-refractivity contribution is 1.73. The summed E-state index contributed by atoms with van der Waals surface area (Å²) < 4.78 is 0. The van der Waals surface area contributed by atoms with E-state index in [2.05, 4.69) is 30.3 Å². The molecule has 0 aromatic heterocycles. The lowest BCUT2D eigenvalue weighted by atomic mass is 10.0. The summed E-state index contributed by atoms with van der Waals surface area (Å²) in [6.07, 6.45) is 1.16. The third-order valence-electron chi connectivity index (χ3n) is 2.92. The van der Waals surface area contributed by atoms with Crippen LogP contribution in [0.3, 0.4) is 0 Å². The van der Waals surface area contributed by atoms with Gasteiger partial charge in [0, 0.05) is 5.56 Å². The van der Waals surface area contributed by atoms with E-state index in [4.69, 9.17) is 0 Å². The fraction of sp³-hybridized carbons (Fsp3) is 0. The first-order valence-electron chi connectivity index (χ1n) is 5.27. The number of benzene rings is 3. The van der Waals surface area contributed by atoms with Crippen molar-refractivity contribution in [2.45, 2.75) is 0 Å². The molecule has 1 nitrogen and oxygen atoms in total. The second-order valence-corrected chi connectivity index (χ2v) is 3.90. The van der Waals surface area contributed by atoms with E-state index in [-0.39, 0.29) is 0 Å². The highest BCUT2D eigenvalue weighted by atomic mass is 14.3. The van der Waals surface area contributed by atoms with Gasteiger partial charge in [-0.1, -0.05) is 42.5 Å². The average molecular weight is 204 g/mol. The fourth-order valence-electron chi connectivity index (χ4n) is 2.10. The van der Waals surface area contributed by atoms with Crippen molar-refractivity contribution in [2.24, 2.45) is 0 Å². The van der Waals surface area contributed by atoms with Gasteiger partial charge in [-0.15, -0.1) is 0 Å². The van der Waals surface area contributed by atoms with Crippen molar-refractivity contribution in [1.82, 2.24) is 5.41 Å². The van der Waals surface area contributed by atoms with Crippen LogP contribution < -0.4 is 5.41 Å². The smallest absolute Gasteiger partial charge is 0.0574 e. The lowest BCUT2D eigenvalue weighted by Gasteiger charge is -2.04. The minimum atomic E-state index is 0.864. The van der Waals surface area contributed by atoms with E-state index in [0.717, 1.165) is 22.6 Å². The van der Waals surface area contributed by atoms with Crippen LogP contribution >= 0.6 is 0 Å². The Morgan fingerprint density at radius 2 is 1.44 bits per heavy atom. The molecular formula is C15H10N. The zero-order valence-corrected chi connectivity index (χ0v) is 8.72. The van der Waals surface area contributed by atoms with E-state index in [1.54, 1.807) is 0 Å². The van der Waals surface area contributed by atoms with E-state index in [9.17, 15) is 5.41 Å². The predicted molar refractivity (Wildman–Crippen MR) is 68.8 cm³/mol. The first-order chi connectivity index (χ1) is 7.88. The molecule has 0 heterocycles. The quantitative estimate of drug-likeness (QED) is 0.429. The van der Waals surface area contributed by atoms with Crippen LogP contribution in [0.25, 0.3) is 21.5 Å². The largest absolute Gasteiger partial charge is 0.158 e. The van der Waals surface area contributed by atoms with Gasteiger partial charge in [0.15, 0.2) is 0 Å². The normalized spacial score (nSPS) is 10.8. The summed E-state index contributed by atoms with van der Waals surface area (Å²) in [7, 11) is 0. The molecule has 75 valence electrons. The summed E-state index contributed by atoms with van der Waals surface area (Å²) in [6, 6.07) is 18.5. The molecular weight excluding hydrogens is 194 g/mol. The van der Waals surface area contributed by atoms with Crippen LogP contribution in [0.15, 0.2) is 54.6 Å². The minimum Gasteiger partial charge on any atom is -0.158 e. The Kier molecular flexibility index (Phi) is 1.97. The van der Waals surface area contributed by atoms with Crippen molar-refractivity contribution >= 4 is 27.8 Å².